The monoisotopic (exact) mass is 401 g/mol. The molecule has 2 aromatic heterocycles. The van der Waals surface area contributed by atoms with Crippen LogP contribution in [0.1, 0.15) is 18.4 Å². The highest BCUT2D eigenvalue weighted by atomic mass is 16.3. The second kappa shape index (κ2) is 7.78. The highest BCUT2D eigenvalue weighted by Crippen LogP contribution is 2.24. The van der Waals surface area contributed by atoms with Gasteiger partial charge >= 0.3 is 0 Å². The van der Waals surface area contributed by atoms with Crippen LogP contribution in [0.15, 0.2) is 70.1 Å². The lowest BCUT2D eigenvalue weighted by Gasteiger charge is -2.32. The van der Waals surface area contributed by atoms with Crippen molar-refractivity contribution in [3.8, 4) is 0 Å². The second-order valence-electron chi connectivity index (χ2n) is 7.97. The van der Waals surface area contributed by atoms with Crippen LogP contribution in [0.5, 0.6) is 0 Å². The molecule has 0 radical (unpaired) electrons. The zero-order chi connectivity index (χ0) is 20.5. The van der Waals surface area contributed by atoms with Gasteiger partial charge in [0, 0.05) is 18.5 Å². The van der Waals surface area contributed by atoms with Crippen LogP contribution >= 0.6 is 0 Å². The standard InChI is InChI=1S/C24H23N3O3/c28-21(26-12-10-18(11-13-26)14-17-6-2-1-3-7-17)15-27-16-25-22-19-8-4-5-9-20(19)30-23(22)24(27)29/h1-9,16,18H,10-15H2. The summed E-state index contributed by atoms with van der Waals surface area (Å²) in [6, 6.07) is 17.9. The number of fused-ring (bicyclic) bond motifs is 3. The van der Waals surface area contributed by atoms with E-state index in [1.165, 1.54) is 16.5 Å². The molecule has 6 nitrogen and oxygen atoms in total. The average molecular weight is 401 g/mol. The van der Waals surface area contributed by atoms with Crippen LogP contribution in [0, 0.1) is 5.92 Å². The van der Waals surface area contributed by atoms with E-state index in [0.29, 0.717) is 17.0 Å². The van der Waals surface area contributed by atoms with E-state index in [9.17, 15) is 9.59 Å². The molecule has 0 unspecified atom stereocenters. The van der Waals surface area contributed by atoms with Crippen LogP contribution in [-0.2, 0) is 17.8 Å². The van der Waals surface area contributed by atoms with Crippen LogP contribution in [0.3, 0.4) is 0 Å². The summed E-state index contributed by atoms with van der Waals surface area (Å²) in [7, 11) is 0. The first-order chi connectivity index (χ1) is 14.7. The molecule has 2 aromatic carbocycles. The number of carbonyl (C=O) groups excluding carboxylic acids is 1. The van der Waals surface area contributed by atoms with Crippen LogP contribution < -0.4 is 5.56 Å². The van der Waals surface area contributed by atoms with Gasteiger partial charge in [0.25, 0.3) is 5.56 Å². The molecule has 1 saturated heterocycles. The predicted molar refractivity (Wildman–Crippen MR) is 115 cm³/mol. The van der Waals surface area contributed by atoms with Crippen LogP contribution in [0.25, 0.3) is 22.1 Å². The van der Waals surface area contributed by atoms with Crippen LogP contribution in [0.4, 0.5) is 0 Å². The van der Waals surface area contributed by atoms with Gasteiger partial charge in [0.1, 0.15) is 17.6 Å². The third-order valence-corrected chi connectivity index (χ3v) is 5.99. The van der Waals surface area contributed by atoms with Crippen molar-refractivity contribution in [3.63, 3.8) is 0 Å². The first-order valence-electron chi connectivity index (χ1n) is 10.4. The molecule has 0 N–H and O–H groups in total. The van der Waals surface area contributed by atoms with Crippen molar-refractivity contribution in [2.24, 2.45) is 5.92 Å². The molecule has 4 aromatic rings. The molecule has 6 heteroatoms. The Morgan fingerprint density at radius 2 is 1.77 bits per heavy atom. The highest BCUT2D eigenvalue weighted by molar-refractivity contribution is 6.01. The number of hydrogen-bond donors (Lipinski definition) is 0. The van der Waals surface area contributed by atoms with Crippen LogP contribution in [-0.4, -0.2) is 33.4 Å². The van der Waals surface area contributed by atoms with E-state index >= 15 is 0 Å². The molecule has 1 aliphatic heterocycles. The lowest BCUT2D eigenvalue weighted by Crippen LogP contribution is -2.41. The molecule has 5 rings (SSSR count). The summed E-state index contributed by atoms with van der Waals surface area (Å²) in [5.74, 6) is 0.542. The maximum Gasteiger partial charge on any atom is 0.297 e. The van der Waals surface area contributed by atoms with Gasteiger partial charge in [-0.3, -0.25) is 14.2 Å². The van der Waals surface area contributed by atoms with Crippen molar-refractivity contribution in [3.05, 3.63) is 76.8 Å². The fourth-order valence-electron chi connectivity index (χ4n) is 4.31. The number of para-hydroxylation sites is 1. The minimum atomic E-state index is -0.316. The van der Waals surface area contributed by atoms with E-state index in [-0.39, 0.29) is 23.6 Å². The Hall–Kier alpha value is -3.41. The average Bonchev–Trinajstić information content (AvgIpc) is 3.16. The zero-order valence-electron chi connectivity index (χ0n) is 16.7. The number of rotatable bonds is 4. The van der Waals surface area contributed by atoms with E-state index in [2.05, 4.69) is 29.2 Å². The number of carbonyl (C=O) groups is 1. The number of hydrogen-bond acceptors (Lipinski definition) is 4. The third kappa shape index (κ3) is 3.49. The maximum absolute atomic E-state index is 12.8. The molecule has 1 amide bonds. The van der Waals surface area contributed by atoms with Crippen molar-refractivity contribution in [1.29, 1.82) is 0 Å². The predicted octanol–water partition coefficient (Wildman–Crippen LogP) is 3.62. The van der Waals surface area contributed by atoms with E-state index in [1.54, 1.807) is 0 Å². The first-order valence-corrected chi connectivity index (χ1v) is 10.4. The van der Waals surface area contributed by atoms with Gasteiger partial charge in [-0.25, -0.2) is 4.98 Å². The van der Waals surface area contributed by atoms with Gasteiger partial charge in [-0.05, 0) is 42.9 Å². The summed E-state index contributed by atoms with van der Waals surface area (Å²) in [6.07, 6.45) is 4.47. The van der Waals surface area contributed by atoms with E-state index < -0.39 is 0 Å². The minimum Gasteiger partial charge on any atom is -0.448 e. The van der Waals surface area contributed by atoms with Gasteiger partial charge in [0.2, 0.25) is 11.5 Å². The number of likely N-dealkylation sites (tertiary alicyclic amines) is 1. The molecule has 0 saturated carbocycles. The summed E-state index contributed by atoms with van der Waals surface area (Å²) in [4.78, 5) is 31.9. The molecule has 30 heavy (non-hydrogen) atoms. The molecular formula is C24H23N3O3. The Balaban J connectivity index is 1.27. The quantitative estimate of drug-likeness (QED) is 0.524. The Labute approximate surface area is 173 Å². The molecule has 1 fully saturated rings. The van der Waals surface area contributed by atoms with Gasteiger partial charge in [-0.1, -0.05) is 42.5 Å². The number of piperidine rings is 1. The zero-order valence-corrected chi connectivity index (χ0v) is 16.7. The molecular weight excluding hydrogens is 378 g/mol. The van der Waals surface area contributed by atoms with E-state index in [1.807, 2.05) is 35.2 Å². The molecule has 3 heterocycles. The lowest BCUT2D eigenvalue weighted by molar-refractivity contribution is -0.133. The number of amides is 1. The Morgan fingerprint density at radius 1 is 1.03 bits per heavy atom. The number of benzene rings is 2. The molecule has 152 valence electrons. The molecule has 0 spiro atoms. The topological polar surface area (TPSA) is 68.3 Å². The van der Waals surface area contributed by atoms with Crippen molar-refractivity contribution in [1.82, 2.24) is 14.5 Å². The lowest BCUT2D eigenvalue weighted by atomic mass is 9.90. The summed E-state index contributed by atoms with van der Waals surface area (Å²) in [5.41, 5.74) is 2.40. The smallest absolute Gasteiger partial charge is 0.297 e. The summed E-state index contributed by atoms with van der Waals surface area (Å²) in [5, 5.41) is 0.809. The van der Waals surface area contributed by atoms with Crippen molar-refractivity contribution < 1.29 is 9.21 Å². The molecule has 0 atom stereocenters. The Kier molecular flexibility index (Phi) is 4.83. The SMILES string of the molecule is O=C(Cn1cnc2c(oc3ccccc32)c1=O)N1CCC(Cc2ccccc2)CC1. The largest absolute Gasteiger partial charge is 0.448 e. The fourth-order valence-corrected chi connectivity index (χ4v) is 4.31. The Morgan fingerprint density at radius 3 is 2.57 bits per heavy atom. The minimum absolute atomic E-state index is 0.0117. The van der Waals surface area contributed by atoms with Crippen molar-refractivity contribution in [2.75, 3.05) is 13.1 Å². The normalized spacial score (nSPS) is 15.1. The highest BCUT2D eigenvalue weighted by Gasteiger charge is 2.24. The van der Waals surface area contributed by atoms with Crippen molar-refractivity contribution >= 4 is 28.0 Å². The van der Waals surface area contributed by atoms with Gasteiger partial charge in [-0.2, -0.15) is 0 Å². The number of furan rings is 1. The van der Waals surface area contributed by atoms with E-state index in [0.717, 1.165) is 37.7 Å². The van der Waals surface area contributed by atoms with Gasteiger partial charge in [0.05, 0.1) is 6.33 Å². The first kappa shape index (κ1) is 18.6. The fraction of sp³-hybridized carbons (Fsp3) is 0.292. The summed E-state index contributed by atoms with van der Waals surface area (Å²) < 4.78 is 7.05. The maximum atomic E-state index is 12.8. The Bertz CT molecular complexity index is 1250. The molecule has 1 aliphatic rings. The van der Waals surface area contributed by atoms with Crippen LogP contribution in [0.2, 0.25) is 0 Å². The van der Waals surface area contributed by atoms with Crippen molar-refractivity contribution in [2.45, 2.75) is 25.8 Å². The third-order valence-electron chi connectivity index (χ3n) is 5.99. The number of nitrogens with zero attached hydrogens (tertiary/aromatic N) is 3. The van der Waals surface area contributed by atoms with Gasteiger partial charge < -0.3 is 9.32 Å². The molecule has 0 bridgehead atoms. The summed E-state index contributed by atoms with van der Waals surface area (Å²) in [6.45, 7) is 1.44. The number of aromatic nitrogens is 2. The van der Waals surface area contributed by atoms with Gasteiger partial charge in [0.15, 0.2) is 0 Å². The van der Waals surface area contributed by atoms with Gasteiger partial charge in [-0.15, -0.1) is 0 Å². The second-order valence-corrected chi connectivity index (χ2v) is 7.97. The molecule has 0 aliphatic carbocycles. The van der Waals surface area contributed by atoms with E-state index in [4.69, 9.17) is 4.42 Å². The summed E-state index contributed by atoms with van der Waals surface area (Å²) >= 11 is 0.